The van der Waals surface area contributed by atoms with Crippen LogP contribution in [0.4, 0.5) is 5.69 Å². The minimum Gasteiger partial charge on any atom is -0.324 e. The third kappa shape index (κ3) is 4.31. The lowest BCUT2D eigenvalue weighted by molar-refractivity contribution is -0.120. The zero-order valence-electron chi connectivity index (χ0n) is 17.4. The lowest BCUT2D eigenvalue weighted by Gasteiger charge is -2.21. The molecule has 3 aromatic rings. The highest BCUT2D eigenvalue weighted by Crippen LogP contribution is 2.54. The third-order valence-electron chi connectivity index (χ3n) is 7.34. The molecule has 31 heavy (non-hydrogen) atoms. The van der Waals surface area contributed by atoms with Crippen molar-refractivity contribution in [2.45, 2.75) is 38.5 Å². The molecule has 1 aromatic carbocycles. The first-order valence-corrected chi connectivity index (χ1v) is 12.4. The molecule has 0 saturated heterocycles. The molecule has 2 aliphatic rings. The monoisotopic (exact) mass is 545 g/mol. The summed E-state index contributed by atoms with van der Waals surface area (Å²) in [5.74, 6) is 2.57. The standard InChI is InChI=1S/C25H25ClIN3O/c1-14(25(31)30-20-3-5-24(26)29-13-20)15-8-16-10-18(11-17(16)9-15)21-6-7-28-23-4-2-19(27)12-22(21)23/h2-7,12-18H,8-11H2,1H3,(H,30,31)/t14?,15?,16-,17+,18+. The molecule has 2 saturated carbocycles. The topological polar surface area (TPSA) is 54.9 Å². The van der Waals surface area contributed by atoms with E-state index in [1.807, 2.05) is 6.20 Å². The van der Waals surface area contributed by atoms with Crippen molar-refractivity contribution in [2.24, 2.45) is 23.7 Å². The first kappa shape index (κ1) is 21.1. The van der Waals surface area contributed by atoms with E-state index in [-0.39, 0.29) is 11.8 Å². The number of hydrogen-bond donors (Lipinski definition) is 1. The summed E-state index contributed by atoms with van der Waals surface area (Å²) in [4.78, 5) is 21.4. The van der Waals surface area contributed by atoms with Gasteiger partial charge in [-0.25, -0.2) is 4.98 Å². The molecule has 1 N–H and O–H groups in total. The maximum Gasteiger partial charge on any atom is 0.227 e. The van der Waals surface area contributed by atoms with Crippen molar-refractivity contribution in [1.82, 2.24) is 9.97 Å². The van der Waals surface area contributed by atoms with Crippen molar-refractivity contribution in [3.8, 4) is 0 Å². The minimum atomic E-state index is 0.00284. The molecule has 6 heteroatoms. The fourth-order valence-corrected chi connectivity index (χ4v) is 6.34. The fraction of sp³-hybridized carbons (Fsp3) is 0.400. The fourth-order valence-electron chi connectivity index (χ4n) is 5.74. The Morgan fingerprint density at radius 3 is 2.58 bits per heavy atom. The van der Waals surface area contributed by atoms with E-state index in [2.05, 4.69) is 69.1 Å². The SMILES string of the molecule is CC(C(=O)Nc1ccc(Cl)nc1)C1C[C@@H]2C[C@H](c3ccnc4ccc(I)cc34)C[C@@H]2C1. The highest BCUT2D eigenvalue weighted by atomic mass is 127. The number of carbonyl (C=O) groups is 1. The molecule has 0 spiro atoms. The Morgan fingerprint density at radius 1 is 1.10 bits per heavy atom. The van der Waals surface area contributed by atoms with Crippen LogP contribution >= 0.6 is 34.2 Å². The van der Waals surface area contributed by atoms with Crippen molar-refractivity contribution in [2.75, 3.05) is 5.32 Å². The summed E-state index contributed by atoms with van der Waals surface area (Å²) in [6, 6.07) is 12.2. The molecular formula is C25H25ClIN3O. The molecule has 2 fully saturated rings. The van der Waals surface area contributed by atoms with Crippen molar-refractivity contribution in [1.29, 1.82) is 0 Å². The normalized spacial score (nSPS) is 26.0. The van der Waals surface area contributed by atoms with Gasteiger partial charge in [0.15, 0.2) is 0 Å². The maximum atomic E-state index is 12.8. The summed E-state index contributed by atoms with van der Waals surface area (Å²) < 4.78 is 1.26. The van der Waals surface area contributed by atoms with E-state index in [0.717, 1.165) is 18.4 Å². The van der Waals surface area contributed by atoms with Crippen LogP contribution in [-0.4, -0.2) is 15.9 Å². The largest absolute Gasteiger partial charge is 0.324 e. The van der Waals surface area contributed by atoms with E-state index < -0.39 is 0 Å². The van der Waals surface area contributed by atoms with Gasteiger partial charge in [-0.1, -0.05) is 18.5 Å². The number of anilines is 1. The Balaban J connectivity index is 1.24. The van der Waals surface area contributed by atoms with E-state index in [0.29, 0.717) is 34.5 Å². The van der Waals surface area contributed by atoms with E-state index in [4.69, 9.17) is 11.6 Å². The Labute approximate surface area is 201 Å². The Kier molecular flexibility index (Phi) is 5.90. The number of fused-ring (bicyclic) bond motifs is 2. The number of benzene rings is 1. The van der Waals surface area contributed by atoms with Crippen LogP contribution in [0.15, 0.2) is 48.8 Å². The van der Waals surface area contributed by atoms with Gasteiger partial charge in [-0.3, -0.25) is 9.78 Å². The van der Waals surface area contributed by atoms with Crippen LogP contribution in [0, 0.1) is 27.2 Å². The zero-order valence-corrected chi connectivity index (χ0v) is 20.3. The molecule has 1 amide bonds. The number of halogens is 2. The van der Waals surface area contributed by atoms with Gasteiger partial charge in [0.05, 0.1) is 17.4 Å². The molecule has 0 radical (unpaired) electrons. The second kappa shape index (κ2) is 8.66. The summed E-state index contributed by atoms with van der Waals surface area (Å²) >= 11 is 8.22. The summed E-state index contributed by atoms with van der Waals surface area (Å²) in [6.07, 6.45) is 8.31. The highest BCUT2D eigenvalue weighted by Gasteiger charge is 2.44. The van der Waals surface area contributed by atoms with E-state index in [1.54, 1.807) is 18.3 Å². The lowest BCUT2D eigenvalue weighted by Crippen LogP contribution is -2.26. The van der Waals surface area contributed by atoms with E-state index in [9.17, 15) is 4.79 Å². The predicted octanol–water partition coefficient (Wildman–Crippen LogP) is 6.68. The van der Waals surface area contributed by atoms with Gasteiger partial charge < -0.3 is 5.32 Å². The van der Waals surface area contributed by atoms with Crippen LogP contribution < -0.4 is 5.32 Å². The number of nitrogens with one attached hydrogen (secondary N) is 1. The number of carbonyl (C=O) groups excluding carboxylic acids is 1. The van der Waals surface area contributed by atoms with Crippen LogP contribution in [-0.2, 0) is 4.79 Å². The van der Waals surface area contributed by atoms with Crippen LogP contribution in [0.5, 0.6) is 0 Å². The number of amides is 1. The maximum absolute atomic E-state index is 12.8. The molecule has 5 rings (SSSR count). The molecule has 160 valence electrons. The second-order valence-electron chi connectivity index (χ2n) is 9.13. The molecule has 5 atom stereocenters. The molecule has 0 bridgehead atoms. The number of nitrogens with zero attached hydrogens (tertiary/aromatic N) is 2. The summed E-state index contributed by atoms with van der Waals surface area (Å²) in [7, 11) is 0. The number of pyridine rings is 2. The first-order valence-electron chi connectivity index (χ1n) is 10.9. The number of hydrogen-bond acceptors (Lipinski definition) is 3. The Morgan fingerprint density at radius 2 is 1.87 bits per heavy atom. The third-order valence-corrected chi connectivity index (χ3v) is 8.24. The van der Waals surface area contributed by atoms with Gasteiger partial charge in [-0.2, -0.15) is 0 Å². The molecule has 2 unspecified atom stereocenters. The summed E-state index contributed by atoms with van der Waals surface area (Å²) in [6.45, 7) is 2.07. The number of rotatable bonds is 4. The van der Waals surface area contributed by atoms with Crippen LogP contribution in [0.2, 0.25) is 5.15 Å². The van der Waals surface area contributed by atoms with Gasteiger partial charge in [0.25, 0.3) is 0 Å². The highest BCUT2D eigenvalue weighted by molar-refractivity contribution is 14.1. The van der Waals surface area contributed by atoms with Gasteiger partial charge in [0, 0.05) is 21.1 Å². The smallest absolute Gasteiger partial charge is 0.227 e. The molecule has 2 heterocycles. The quantitative estimate of drug-likeness (QED) is 0.294. The van der Waals surface area contributed by atoms with Crippen LogP contribution in [0.3, 0.4) is 0 Å². The van der Waals surface area contributed by atoms with Gasteiger partial charge in [-0.15, -0.1) is 0 Å². The van der Waals surface area contributed by atoms with Crippen molar-refractivity contribution < 1.29 is 4.79 Å². The van der Waals surface area contributed by atoms with Crippen molar-refractivity contribution >= 4 is 56.7 Å². The van der Waals surface area contributed by atoms with E-state index in [1.165, 1.54) is 27.4 Å². The molecular weight excluding hydrogens is 521 g/mol. The second-order valence-corrected chi connectivity index (χ2v) is 10.8. The lowest BCUT2D eigenvalue weighted by atomic mass is 9.86. The van der Waals surface area contributed by atoms with Gasteiger partial charge >= 0.3 is 0 Å². The minimum absolute atomic E-state index is 0.00284. The number of aromatic nitrogens is 2. The summed E-state index contributed by atoms with van der Waals surface area (Å²) in [5, 5.41) is 4.74. The zero-order chi connectivity index (χ0) is 21.5. The van der Waals surface area contributed by atoms with Gasteiger partial charge in [0.2, 0.25) is 5.91 Å². The molecule has 2 aromatic heterocycles. The Hall–Kier alpha value is -1.73. The van der Waals surface area contributed by atoms with Gasteiger partial charge in [0.1, 0.15) is 5.15 Å². The van der Waals surface area contributed by atoms with Crippen LogP contribution in [0.25, 0.3) is 10.9 Å². The van der Waals surface area contributed by atoms with Gasteiger partial charge in [-0.05, 0) is 114 Å². The van der Waals surface area contributed by atoms with Crippen molar-refractivity contribution in [3.63, 3.8) is 0 Å². The molecule has 2 aliphatic carbocycles. The molecule has 4 nitrogen and oxygen atoms in total. The van der Waals surface area contributed by atoms with Crippen molar-refractivity contribution in [3.05, 3.63) is 63.1 Å². The van der Waals surface area contributed by atoms with Crippen LogP contribution in [0.1, 0.15) is 44.1 Å². The predicted molar refractivity (Wildman–Crippen MR) is 133 cm³/mol. The first-order chi connectivity index (χ1) is 15.0. The average Bonchev–Trinajstić information content (AvgIpc) is 3.33. The molecule has 0 aliphatic heterocycles. The Bertz CT molecular complexity index is 1110. The average molecular weight is 546 g/mol. The summed E-state index contributed by atoms with van der Waals surface area (Å²) in [5.41, 5.74) is 3.25. The van der Waals surface area contributed by atoms with E-state index >= 15 is 0 Å².